The van der Waals surface area contributed by atoms with E-state index < -0.39 is 0 Å². The molecule has 2 N–H and O–H groups in total. The van der Waals surface area contributed by atoms with Crippen molar-refractivity contribution in [3.63, 3.8) is 0 Å². The molecule has 2 rings (SSSR count). The van der Waals surface area contributed by atoms with Crippen LogP contribution in [-0.2, 0) is 20.1 Å². The summed E-state index contributed by atoms with van der Waals surface area (Å²) in [6.07, 6.45) is 4.12. The first-order valence-corrected chi connectivity index (χ1v) is 7.96. The average molecular weight is 305 g/mol. The van der Waals surface area contributed by atoms with E-state index in [1.165, 1.54) is 10.4 Å². The number of nitrogens with one attached hydrogen (secondary N) is 2. The largest absolute Gasteiger partial charge is 0.357 e. The smallest absolute Gasteiger partial charge is 0.191 e. The molecular weight excluding hydrogens is 282 g/mol. The van der Waals surface area contributed by atoms with Crippen LogP contribution in [0.3, 0.4) is 0 Å². The zero-order chi connectivity index (χ0) is 15.2. The fourth-order valence-electron chi connectivity index (χ4n) is 1.94. The second-order valence-corrected chi connectivity index (χ2v) is 6.27. The Hall–Kier alpha value is -1.82. The van der Waals surface area contributed by atoms with Crippen LogP contribution in [0.2, 0.25) is 0 Å². The standard InChI is InChI=1S/C15H23N5S/c1-5-16-15(17-8-13-6-7-20(4)10-13)18-9-14-19-11(2)12(3)21-14/h6-7,10H,5,8-9H2,1-4H3,(H2,16,17,18). The minimum atomic E-state index is 0.673. The number of aliphatic imine (C=N–C) groups is 1. The number of hydrogen-bond donors (Lipinski definition) is 2. The first-order valence-electron chi connectivity index (χ1n) is 7.14. The van der Waals surface area contributed by atoms with E-state index in [9.17, 15) is 0 Å². The van der Waals surface area contributed by atoms with E-state index >= 15 is 0 Å². The number of nitrogens with zero attached hydrogens (tertiary/aromatic N) is 3. The summed E-state index contributed by atoms with van der Waals surface area (Å²) in [7, 11) is 2.02. The number of aryl methyl sites for hydroxylation is 3. The van der Waals surface area contributed by atoms with Crippen molar-refractivity contribution in [3.8, 4) is 0 Å². The summed E-state index contributed by atoms with van der Waals surface area (Å²) in [5.41, 5.74) is 2.32. The van der Waals surface area contributed by atoms with Gasteiger partial charge in [-0.2, -0.15) is 0 Å². The maximum absolute atomic E-state index is 4.60. The Bertz CT molecular complexity index is 592. The molecule has 2 aromatic rings. The first-order chi connectivity index (χ1) is 10.1. The Morgan fingerprint density at radius 3 is 2.76 bits per heavy atom. The van der Waals surface area contributed by atoms with Gasteiger partial charge in [0.15, 0.2) is 5.96 Å². The number of guanidine groups is 1. The van der Waals surface area contributed by atoms with Gasteiger partial charge in [0, 0.05) is 30.9 Å². The molecule has 0 aromatic carbocycles. The van der Waals surface area contributed by atoms with E-state index in [0.717, 1.165) is 23.2 Å². The molecule has 0 unspecified atom stereocenters. The molecule has 0 aliphatic heterocycles. The van der Waals surface area contributed by atoms with Crippen LogP contribution in [0.25, 0.3) is 0 Å². The number of hydrogen-bond acceptors (Lipinski definition) is 3. The van der Waals surface area contributed by atoms with E-state index in [1.807, 2.05) is 24.7 Å². The zero-order valence-electron chi connectivity index (χ0n) is 13.1. The lowest BCUT2D eigenvalue weighted by molar-refractivity contribution is 0.809. The molecule has 2 aromatic heterocycles. The van der Waals surface area contributed by atoms with Gasteiger partial charge in [0.2, 0.25) is 0 Å². The molecule has 0 bridgehead atoms. The van der Waals surface area contributed by atoms with Crippen LogP contribution in [0.4, 0.5) is 0 Å². The fraction of sp³-hybridized carbons (Fsp3) is 0.467. The molecule has 0 atom stereocenters. The second-order valence-electron chi connectivity index (χ2n) is 4.98. The third-order valence-corrected chi connectivity index (χ3v) is 4.21. The normalized spacial score (nSPS) is 11.7. The zero-order valence-corrected chi connectivity index (χ0v) is 13.9. The molecule has 0 saturated carbocycles. The van der Waals surface area contributed by atoms with Crippen LogP contribution < -0.4 is 10.6 Å². The highest BCUT2D eigenvalue weighted by molar-refractivity contribution is 7.11. The Morgan fingerprint density at radius 2 is 2.19 bits per heavy atom. The van der Waals surface area contributed by atoms with E-state index in [0.29, 0.717) is 13.1 Å². The summed E-state index contributed by atoms with van der Waals surface area (Å²) in [5.74, 6) is 0.826. The van der Waals surface area contributed by atoms with Gasteiger partial charge in [0.25, 0.3) is 0 Å². The molecule has 21 heavy (non-hydrogen) atoms. The van der Waals surface area contributed by atoms with Crippen molar-refractivity contribution in [1.82, 2.24) is 20.2 Å². The fourth-order valence-corrected chi connectivity index (χ4v) is 2.81. The molecular formula is C15H23N5S. The van der Waals surface area contributed by atoms with Crippen molar-refractivity contribution in [3.05, 3.63) is 39.6 Å². The van der Waals surface area contributed by atoms with Gasteiger partial charge in [-0.15, -0.1) is 11.3 Å². The van der Waals surface area contributed by atoms with E-state index in [2.05, 4.69) is 46.7 Å². The average Bonchev–Trinajstić information content (AvgIpc) is 3.00. The summed E-state index contributed by atoms with van der Waals surface area (Å²) >= 11 is 1.73. The van der Waals surface area contributed by atoms with Crippen molar-refractivity contribution in [1.29, 1.82) is 0 Å². The van der Waals surface area contributed by atoms with Crippen LogP contribution in [0.15, 0.2) is 23.5 Å². The summed E-state index contributed by atoms with van der Waals surface area (Å²) in [6.45, 7) is 8.44. The SMILES string of the molecule is CCNC(=NCc1ccn(C)c1)NCc1nc(C)c(C)s1. The van der Waals surface area contributed by atoms with Gasteiger partial charge in [0.1, 0.15) is 5.01 Å². The number of aromatic nitrogens is 2. The molecule has 0 aliphatic carbocycles. The van der Waals surface area contributed by atoms with Gasteiger partial charge in [-0.05, 0) is 32.4 Å². The minimum Gasteiger partial charge on any atom is -0.357 e. The minimum absolute atomic E-state index is 0.673. The van der Waals surface area contributed by atoms with Gasteiger partial charge < -0.3 is 15.2 Å². The number of rotatable bonds is 5. The molecule has 0 fully saturated rings. The van der Waals surface area contributed by atoms with Crippen LogP contribution in [0, 0.1) is 13.8 Å². The van der Waals surface area contributed by atoms with Crippen LogP contribution in [0.5, 0.6) is 0 Å². The lowest BCUT2D eigenvalue weighted by atomic mass is 10.3. The van der Waals surface area contributed by atoms with Gasteiger partial charge in [0.05, 0.1) is 18.8 Å². The molecule has 114 valence electrons. The summed E-state index contributed by atoms with van der Waals surface area (Å²) < 4.78 is 2.03. The van der Waals surface area contributed by atoms with Gasteiger partial charge in [-0.25, -0.2) is 9.98 Å². The van der Waals surface area contributed by atoms with Gasteiger partial charge in [-0.1, -0.05) is 0 Å². The molecule has 0 saturated heterocycles. The van der Waals surface area contributed by atoms with Crippen molar-refractivity contribution >= 4 is 17.3 Å². The Balaban J connectivity index is 1.94. The monoisotopic (exact) mass is 305 g/mol. The van der Waals surface area contributed by atoms with Gasteiger partial charge in [-0.3, -0.25) is 0 Å². The predicted molar refractivity (Wildman–Crippen MR) is 88.7 cm³/mol. The van der Waals surface area contributed by atoms with Crippen LogP contribution in [0.1, 0.15) is 28.1 Å². The third kappa shape index (κ3) is 4.60. The van der Waals surface area contributed by atoms with E-state index in [-0.39, 0.29) is 0 Å². The highest BCUT2D eigenvalue weighted by Crippen LogP contribution is 2.15. The summed E-state index contributed by atoms with van der Waals surface area (Å²) in [6, 6.07) is 2.08. The molecule has 0 amide bonds. The summed E-state index contributed by atoms with van der Waals surface area (Å²) in [5, 5.41) is 7.69. The topological polar surface area (TPSA) is 54.2 Å². The van der Waals surface area contributed by atoms with Crippen molar-refractivity contribution in [2.24, 2.45) is 12.0 Å². The molecule has 6 heteroatoms. The Morgan fingerprint density at radius 1 is 1.38 bits per heavy atom. The van der Waals surface area contributed by atoms with Crippen molar-refractivity contribution in [2.45, 2.75) is 33.9 Å². The Labute approximate surface area is 130 Å². The quantitative estimate of drug-likeness (QED) is 0.658. The highest BCUT2D eigenvalue weighted by atomic mass is 32.1. The third-order valence-electron chi connectivity index (χ3n) is 3.14. The number of thiazole rings is 1. The van der Waals surface area contributed by atoms with Gasteiger partial charge >= 0.3 is 0 Å². The lowest BCUT2D eigenvalue weighted by Gasteiger charge is -2.09. The highest BCUT2D eigenvalue weighted by Gasteiger charge is 2.04. The lowest BCUT2D eigenvalue weighted by Crippen LogP contribution is -2.36. The van der Waals surface area contributed by atoms with E-state index in [4.69, 9.17) is 0 Å². The first kappa shape index (κ1) is 15.6. The molecule has 2 heterocycles. The van der Waals surface area contributed by atoms with Crippen LogP contribution in [-0.4, -0.2) is 22.1 Å². The summed E-state index contributed by atoms with van der Waals surface area (Å²) in [4.78, 5) is 10.4. The molecule has 0 aliphatic rings. The van der Waals surface area contributed by atoms with E-state index in [1.54, 1.807) is 11.3 Å². The maximum Gasteiger partial charge on any atom is 0.191 e. The van der Waals surface area contributed by atoms with Crippen molar-refractivity contribution < 1.29 is 0 Å². The Kier molecular flexibility index (Phi) is 5.38. The predicted octanol–water partition coefficient (Wildman–Crippen LogP) is 2.35. The maximum atomic E-state index is 4.60. The second kappa shape index (κ2) is 7.26. The van der Waals surface area contributed by atoms with Crippen LogP contribution >= 0.6 is 11.3 Å². The molecule has 0 spiro atoms. The van der Waals surface area contributed by atoms with Crippen molar-refractivity contribution in [2.75, 3.05) is 6.54 Å². The molecule has 5 nitrogen and oxygen atoms in total. The molecule has 0 radical (unpaired) electrons.